The van der Waals surface area contributed by atoms with Gasteiger partial charge < -0.3 is 10.5 Å². The van der Waals surface area contributed by atoms with Gasteiger partial charge in [0.25, 0.3) is 0 Å². The molecule has 3 nitrogen and oxygen atoms in total. The van der Waals surface area contributed by atoms with Crippen LogP contribution < -0.4 is 5.73 Å². The molecule has 2 aliphatic rings. The highest BCUT2D eigenvalue weighted by Crippen LogP contribution is 2.47. The summed E-state index contributed by atoms with van der Waals surface area (Å²) in [5.74, 6) is 0.662. The standard InChI is InChI=1S/C17H34N2O/c1-14-11-15(2,3)8-9-17(14,12-18)19-10-6-7-16(4,13-19)20-5/h14H,6-13,18H2,1-5H3. The quantitative estimate of drug-likeness (QED) is 0.864. The van der Waals surface area contributed by atoms with Crippen LogP contribution in [-0.2, 0) is 4.74 Å². The number of likely N-dealkylation sites (tertiary alicyclic amines) is 1. The van der Waals surface area contributed by atoms with Gasteiger partial charge in [0, 0.05) is 25.7 Å². The fraction of sp³-hybridized carbons (Fsp3) is 1.00. The summed E-state index contributed by atoms with van der Waals surface area (Å²) in [4.78, 5) is 2.67. The first-order chi connectivity index (χ1) is 9.27. The molecule has 1 saturated carbocycles. The van der Waals surface area contributed by atoms with Crippen LogP contribution in [0.4, 0.5) is 0 Å². The first-order valence-corrected chi connectivity index (χ1v) is 8.27. The Morgan fingerprint density at radius 1 is 1.20 bits per heavy atom. The van der Waals surface area contributed by atoms with E-state index in [4.69, 9.17) is 10.5 Å². The van der Waals surface area contributed by atoms with Crippen LogP contribution in [0.25, 0.3) is 0 Å². The zero-order chi connectivity index (χ0) is 15.0. The second-order valence-electron chi connectivity index (χ2n) is 8.26. The molecule has 3 atom stereocenters. The molecule has 0 bridgehead atoms. The summed E-state index contributed by atoms with van der Waals surface area (Å²) < 4.78 is 5.78. The van der Waals surface area contributed by atoms with Crippen LogP contribution in [0, 0.1) is 11.3 Å². The maximum absolute atomic E-state index is 6.30. The Hall–Kier alpha value is -0.120. The normalized spacial score (nSPS) is 42.6. The van der Waals surface area contributed by atoms with Crippen molar-refractivity contribution in [2.24, 2.45) is 17.1 Å². The van der Waals surface area contributed by atoms with E-state index in [1.54, 1.807) is 0 Å². The Bertz CT molecular complexity index is 344. The Labute approximate surface area is 125 Å². The lowest BCUT2D eigenvalue weighted by Gasteiger charge is -2.57. The fourth-order valence-electron chi connectivity index (χ4n) is 4.58. The van der Waals surface area contributed by atoms with Gasteiger partial charge in [0.2, 0.25) is 0 Å². The number of methoxy groups -OCH3 is 1. The number of piperidine rings is 1. The summed E-state index contributed by atoms with van der Waals surface area (Å²) in [7, 11) is 1.85. The smallest absolute Gasteiger partial charge is 0.0777 e. The number of nitrogens with zero attached hydrogens (tertiary/aromatic N) is 1. The Kier molecular flexibility index (Phi) is 4.54. The lowest BCUT2D eigenvalue weighted by atomic mass is 9.62. The van der Waals surface area contributed by atoms with E-state index >= 15 is 0 Å². The highest BCUT2D eigenvalue weighted by Gasteiger charge is 2.49. The summed E-state index contributed by atoms with van der Waals surface area (Å²) in [5.41, 5.74) is 6.96. The molecule has 2 rings (SSSR count). The first kappa shape index (κ1) is 16.3. The number of hydrogen-bond acceptors (Lipinski definition) is 3. The van der Waals surface area contributed by atoms with Crippen LogP contribution in [0.15, 0.2) is 0 Å². The summed E-state index contributed by atoms with van der Waals surface area (Å²) in [5, 5.41) is 0. The van der Waals surface area contributed by atoms with Crippen LogP contribution in [0.2, 0.25) is 0 Å². The monoisotopic (exact) mass is 282 g/mol. The highest BCUT2D eigenvalue weighted by molar-refractivity contribution is 5.04. The molecule has 0 aromatic heterocycles. The van der Waals surface area contributed by atoms with E-state index in [2.05, 4.69) is 32.6 Å². The molecule has 1 aliphatic carbocycles. The van der Waals surface area contributed by atoms with Gasteiger partial charge >= 0.3 is 0 Å². The zero-order valence-corrected chi connectivity index (χ0v) is 14.2. The summed E-state index contributed by atoms with van der Waals surface area (Å²) in [6.45, 7) is 12.5. The van der Waals surface area contributed by atoms with E-state index in [0.717, 1.165) is 13.1 Å². The summed E-state index contributed by atoms with van der Waals surface area (Å²) in [6, 6.07) is 0. The van der Waals surface area contributed by atoms with Crippen LogP contribution >= 0.6 is 0 Å². The van der Waals surface area contributed by atoms with Crippen molar-refractivity contribution in [1.82, 2.24) is 4.90 Å². The lowest BCUT2D eigenvalue weighted by Crippen LogP contribution is -2.65. The number of ether oxygens (including phenoxy) is 1. The van der Waals surface area contributed by atoms with Crippen LogP contribution in [0.3, 0.4) is 0 Å². The largest absolute Gasteiger partial charge is 0.377 e. The molecule has 20 heavy (non-hydrogen) atoms. The van der Waals surface area contributed by atoms with Crippen LogP contribution in [-0.4, -0.2) is 42.8 Å². The maximum Gasteiger partial charge on any atom is 0.0777 e. The molecule has 0 radical (unpaired) electrons. The summed E-state index contributed by atoms with van der Waals surface area (Å²) in [6.07, 6.45) is 6.19. The third-order valence-corrected chi connectivity index (χ3v) is 6.15. The van der Waals surface area contributed by atoms with Crippen molar-refractivity contribution in [1.29, 1.82) is 0 Å². The molecule has 118 valence electrons. The second-order valence-corrected chi connectivity index (χ2v) is 8.26. The van der Waals surface area contributed by atoms with E-state index in [-0.39, 0.29) is 11.1 Å². The van der Waals surface area contributed by atoms with Gasteiger partial charge in [-0.3, -0.25) is 4.90 Å². The van der Waals surface area contributed by atoms with E-state index < -0.39 is 0 Å². The zero-order valence-electron chi connectivity index (χ0n) is 14.2. The number of nitrogens with two attached hydrogens (primary N) is 1. The van der Waals surface area contributed by atoms with Crippen molar-refractivity contribution in [3.05, 3.63) is 0 Å². The average Bonchev–Trinajstić information content (AvgIpc) is 2.39. The van der Waals surface area contributed by atoms with Crippen LogP contribution in [0.5, 0.6) is 0 Å². The van der Waals surface area contributed by atoms with Crippen molar-refractivity contribution < 1.29 is 4.74 Å². The number of rotatable bonds is 3. The minimum atomic E-state index is 0.00705. The van der Waals surface area contributed by atoms with Gasteiger partial charge in [-0.05, 0) is 56.9 Å². The third kappa shape index (κ3) is 2.90. The molecule has 0 amide bonds. The predicted octanol–water partition coefficient (Wildman–Crippen LogP) is 3.03. The van der Waals surface area contributed by atoms with Gasteiger partial charge in [-0.25, -0.2) is 0 Å². The molecule has 0 aromatic rings. The second kappa shape index (κ2) is 5.58. The highest BCUT2D eigenvalue weighted by atomic mass is 16.5. The molecule has 1 aliphatic heterocycles. The number of hydrogen-bond donors (Lipinski definition) is 1. The van der Waals surface area contributed by atoms with E-state index in [0.29, 0.717) is 11.3 Å². The van der Waals surface area contributed by atoms with Crippen molar-refractivity contribution in [2.75, 3.05) is 26.7 Å². The Balaban J connectivity index is 2.19. The molecular formula is C17H34N2O. The molecule has 3 heteroatoms. The summed E-state index contributed by atoms with van der Waals surface area (Å²) >= 11 is 0. The molecule has 2 fully saturated rings. The topological polar surface area (TPSA) is 38.5 Å². The minimum Gasteiger partial charge on any atom is -0.377 e. The Morgan fingerprint density at radius 3 is 2.45 bits per heavy atom. The lowest BCUT2D eigenvalue weighted by molar-refractivity contribution is -0.108. The Morgan fingerprint density at radius 2 is 1.90 bits per heavy atom. The van der Waals surface area contributed by atoms with Crippen LogP contribution in [0.1, 0.15) is 59.8 Å². The van der Waals surface area contributed by atoms with Gasteiger partial charge in [-0.1, -0.05) is 20.8 Å². The SMILES string of the molecule is COC1(C)CCCN(C2(CN)CCC(C)(C)CC2C)C1. The van der Waals surface area contributed by atoms with Gasteiger partial charge in [-0.2, -0.15) is 0 Å². The van der Waals surface area contributed by atoms with Gasteiger partial charge in [0.1, 0.15) is 0 Å². The van der Waals surface area contributed by atoms with E-state index in [1.165, 1.54) is 38.6 Å². The van der Waals surface area contributed by atoms with Crippen molar-refractivity contribution >= 4 is 0 Å². The molecular weight excluding hydrogens is 248 g/mol. The molecule has 1 heterocycles. The van der Waals surface area contributed by atoms with Crippen molar-refractivity contribution in [3.63, 3.8) is 0 Å². The minimum absolute atomic E-state index is 0.00705. The first-order valence-electron chi connectivity index (χ1n) is 8.27. The fourth-order valence-corrected chi connectivity index (χ4v) is 4.58. The molecule has 1 saturated heterocycles. The van der Waals surface area contributed by atoms with Crippen molar-refractivity contribution in [3.8, 4) is 0 Å². The average molecular weight is 282 g/mol. The van der Waals surface area contributed by atoms with E-state index in [9.17, 15) is 0 Å². The van der Waals surface area contributed by atoms with Crippen molar-refractivity contribution in [2.45, 2.75) is 70.9 Å². The predicted molar refractivity (Wildman–Crippen MR) is 84.8 cm³/mol. The van der Waals surface area contributed by atoms with E-state index in [1.807, 2.05) is 7.11 Å². The molecule has 0 aromatic carbocycles. The van der Waals surface area contributed by atoms with Gasteiger partial charge in [0.15, 0.2) is 0 Å². The third-order valence-electron chi connectivity index (χ3n) is 6.15. The molecule has 2 N–H and O–H groups in total. The van der Waals surface area contributed by atoms with Gasteiger partial charge in [-0.15, -0.1) is 0 Å². The van der Waals surface area contributed by atoms with Gasteiger partial charge in [0.05, 0.1) is 5.60 Å². The molecule has 0 spiro atoms. The maximum atomic E-state index is 6.30. The molecule has 3 unspecified atom stereocenters.